The molecular formula is C12H19NO2S. The summed E-state index contributed by atoms with van der Waals surface area (Å²) in [6, 6.07) is 4.03. The van der Waals surface area contributed by atoms with Crippen molar-refractivity contribution in [3.63, 3.8) is 0 Å². The molecule has 0 bridgehead atoms. The molecule has 0 radical (unpaired) electrons. The van der Waals surface area contributed by atoms with Crippen LogP contribution in [0.2, 0.25) is 0 Å². The van der Waals surface area contributed by atoms with E-state index in [1.54, 1.807) is 18.3 Å². The van der Waals surface area contributed by atoms with Crippen LogP contribution in [-0.2, 0) is 11.3 Å². The van der Waals surface area contributed by atoms with E-state index in [4.69, 9.17) is 5.11 Å². The lowest BCUT2D eigenvalue weighted by molar-refractivity contribution is -0.132. The molecule has 0 aromatic carbocycles. The molecule has 1 amide bonds. The first-order valence-corrected chi connectivity index (χ1v) is 6.49. The maximum absolute atomic E-state index is 11.8. The lowest BCUT2D eigenvalue weighted by Crippen LogP contribution is -2.30. The number of amides is 1. The number of hydrogen-bond donors (Lipinski definition) is 1. The number of rotatable bonds is 6. The van der Waals surface area contributed by atoms with Crippen molar-refractivity contribution in [1.29, 1.82) is 0 Å². The topological polar surface area (TPSA) is 40.5 Å². The van der Waals surface area contributed by atoms with Crippen molar-refractivity contribution >= 4 is 17.2 Å². The lowest BCUT2D eigenvalue weighted by atomic mass is 10.2. The fraction of sp³-hybridized carbons (Fsp3) is 0.583. The van der Waals surface area contributed by atoms with Gasteiger partial charge in [-0.15, -0.1) is 11.3 Å². The summed E-state index contributed by atoms with van der Waals surface area (Å²) in [6.45, 7) is 5.10. The summed E-state index contributed by atoms with van der Waals surface area (Å²) >= 11 is 1.67. The Morgan fingerprint density at radius 2 is 2.38 bits per heavy atom. The maximum Gasteiger partial charge on any atom is 0.222 e. The Hall–Kier alpha value is -0.870. The zero-order valence-corrected chi connectivity index (χ0v) is 10.7. The number of carbonyl (C=O) groups excluding carboxylic acids is 1. The molecule has 3 nitrogen and oxygen atoms in total. The molecule has 1 atom stereocenters. The van der Waals surface area contributed by atoms with E-state index in [1.165, 1.54) is 4.88 Å². The van der Waals surface area contributed by atoms with Crippen LogP contribution < -0.4 is 0 Å². The van der Waals surface area contributed by atoms with E-state index < -0.39 is 6.10 Å². The van der Waals surface area contributed by atoms with Gasteiger partial charge >= 0.3 is 0 Å². The first kappa shape index (κ1) is 13.2. The van der Waals surface area contributed by atoms with Crippen LogP contribution in [0, 0.1) is 0 Å². The predicted molar refractivity (Wildman–Crippen MR) is 66.3 cm³/mol. The smallest absolute Gasteiger partial charge is 0.222 e. The van der Waals surface area contributed by atoms with Gasteiger partial charge in [0.2, 0.25) is 5.91 Å². The highest BCUT2D eigenvalue weighted by atomic mass is 32.1. The van der Waals surface area contributed by atoms with Gasteiger partial charge in [0.25, 0.3) is 0 Å². The quantitative estimate of drug-likeness (QED) is 0.830. The molecule has 0 aliphatic heterocycles. The summed E-state index contributed by atoms with van der Waals surface area (Å²) in [5.74, 6) is 0.122. The van der Waals surface area contributed by atoms with Gasteiger partial charge in [-0.2, -0.15) is 0 Å². The number of thiophene rings is 1. The van der Waals surface area contributed by atoms with Crippen LogP contribution in [0.1, 0.15) is 31.6 Å². The first-order valence-electron chi connectivity index (χ1n) is 5.61. The average Bonchev–Trinajstić information content (AvgIpc) is 2.75. The Labute approximate surface area is 101 Å². The third-order valence-electron chi connectivity index (χ3n) is 2.44. The minimum atomic E-state index is -0.399. The Morgan fingerprint density at radius 3 is 2.88 bits per heavy atom. The zero-order valence-electron chi connectivity index (χ0n) is 9.85. The van der Waals surface area contributed by atoms with Crippen LogP contribution in [0.3, 0.4) is 0 Å². The third-order valence-corrected chi connectivity index (χ3v) is 3.30. The normalized spacial score (nSPS) is 12.4. The first-order chi connectivity index (χ1) is 7.63. The van der Waals surface area contributed by atoms with Gasteiger partial charge in [-0.05, 0) is 31.7 Å². The van der Waals surface area contributed by atoms with Crippen molar-refractivity contribution in [2.45, 2.75) is 39.3 Å². The molecule has 1 aromatic heterocycles. The lowest BCUT2D eigenvalue weighted by Gasteiger charge is -2.20. The van der Waals surface area contributed by atoms with Gasteiger partial charge in [0.15, 0.2) is 0 Å². The molecule has 0 saturated heterocycles. The van der Waals surface area contributed by atoms with Crippen LogP contribution in [-0.4, -0.2) is 28.6 Å². The largest absolute Gasteiger partial charge is 0.393 e. The van der Waals surface area contributed by atoms with Crippen molar-refractivity contribution in [1.82, 2.24) is 4.90 Å². The van der Waals surface area contributed by atoms with Crippen LogP contribution >= 0.6 is 11.3 Å². The molecule has 0 spiro atoms. The average molecular weight is 241 g/mol. The van der Waals surface area contributed by atoms with Gasteiger partial charge in [0.1, 0.15) is 0 Å². The molecule has 90 valence electrons. The van der Waals surface area contributed by atoms with Crippen LogP contribution in [0.15, 0.2) is 17.5 Å². The van der Waals surface area contributed by atoms with E-state index in [0.29, 0.717) is 19.4 Å². The summed E-state index contributed by atoms with van der Waals surface area (Å²) in [4.78, 5) is 14.9. The fourth-order valence-corrected chi connectivity index (χ4v) is 2.18. The van der Waals surface area contributed by atoms with Crippen LogP contribution in [0.4, 0.5) is 0 Å². The second-order valence-electron chi connectivity index (χ2n) is 3.87. The number of aliphatic hydroxyl groups excluding tert-OH is 1. The minimum Gasteiger partial charge on any atom is -0.393 e. The highest BCUT2D eigenvalue weighted by Crippen LogP contribution is 2.13. The molecule has 1 aromatic rings. The maximum atomic E-state index is 11.8. The fourth-order valence-electron chi connectivity index (χ4n) is 1.46. The Morgan fingerprint density at radius 1 is 1.62 bits per heavy atom. The molecule has 1 unspecified atom stereocenters. The molecule has 0 aliphatic rings. The van der Waals surface area contributed by atoms with Crippen LogP contribution in [0.25, 0.3) is 0 Å². The summed E-state index contributed by atoms with van der Waals surface area (Å²) in [5, 5.41) is 11.2. The summed E-state index contributed by atoms with van der Waals surface area (Å²) in [5.41, 5.74) is 0. The molecule has 16 heavy (non-hydrogen) atoms. The van der Waals surface area contributed by atoms with Gasteiger partial charge in [-0.3, -0.25) is 4.79 Å². The van der Waals surface area contributed by atoms with Crippen molar-refractivity contribution in [3.05, 3.63) is 22.4 Å². The summed E-state index contributed by atoms with van der Waals surface area (Å²) < 4.78 is 0. The van der Waals surface area contributed by atoms with Crippen molar-refractivity contribution in [2.24, 2.45) is 0 Å². The van der Waals surface area contributed by atoms with E-state index in [-0.39, 0.29) is 5.91 Å². The van der Waals surface area contributed by atoms with Gasteiger partial charge < -0.3 is 10.0 Å². The van der Waals surface area contributed by atoms with Crippen molar-refractivity contribution in [3.8, 4) is 0 Å². The zero-order chi connectivity index (χ0) is 12.0. The summed E-state index contributed by atoms with van der Waals surface area (Å²) in [6.07, 6.45) is 0.570. The van der Waals surface area contributed by atoms with Gasteiger partial charge in [0.05, 0.1) is 12.6 Å². The van der Waals surface area contributed by atoms with Crippen molar-refractivity contribution in [2.75, 3.05) is 6.54 Å². The monoisotopic (exact) mass is 241 g/mol. The van der Waals surface area contributed by atoms with E-state index in [1.807, 2.05) is 29.3 Å². The number of aliphatic hydroxyl groups is 1. The molecule has 0 saturated carbocycles. The summed E-state index contributed by atoms with van der Waals surface area (Å²) in [7, 11) is 0. The van der Waals surface area contributed by atoms with Crippen molar-refractivity contribution < 1.29 is 9.90 Å². The molecule has 0 aliphatic carbocycles. The van der Waals surface area contributed by atoms with Gasteiger partial charge in [-0.25, -0.2) is 0 Å². The minimum absolute atomic E-state index is 0.122. The number of nitrogens with zero attached hydrogens (tertiary/aromatic N) is 1. The molecule has 1 N–H and O–H groups in total. The Bertz CT molecular complexity index is 309. The van der Waals surface area contributed by atoms with Gasteiger partial charge in [-0.1, -0.05) is 6.07 Å². The SMILES string of the molecule is CCN(Cc1cccs1)C(=O)CCC(C)O. The second-order valence-corrected chi connectivity index (χ2v) is 4.91. The number of hydrogen-bond acceptors (Lipinski definition) is 3. The standard InChI is InChI=1S/C12H19NO2S/c1-3-13(9-11-5-4-8-16-11)12(15)7-6-10(2)14/h4-5,8,10,14H,3,6-7,9H2,1-2H3. The molecule has 0 fully saturated rings. The highest BCUT2D eigenvalue weighted by Gasteiger charge is 2.13. The predicted octanol–water partition coefficient (Wildman–Crippen LogP) is 2.26. The van der Waals surface area contributed by atoms with E-state index in [9.17, 15) is 4.79 Å². The second kappa shape index (κ2) is 6.66. The van der Waals surface area contributed by atoms with E-state index in [2.05, 4.69) is 0 Å². The highest BCUT2D eigenvalue weighted by molar-refractivity contribution is 7.09. The molecule has 4 heteroatoms. The molecular weight excluding hydrogens is 222 g/mol. The van der Waals surface area contributed by atoms with Gasteiger partial charge in [0, 0.05) is 17.8 Å². The molecule has 1 heterocycles. The molecule has 1 rings (SSSR count). The Kier molecular flexibility index (Phi) is 5.49. The van der Waals surface area contributed by atoms with Crippen LogP contribution in [0.5, 0.6) is 0 Å². The van der Waals surface area contributed by atoms with E-state index >= 15 is 0 Å². The number of carbonyl (C=O) groups is 1. The Balaban J connectivity index is 2.44. The third kappa shape index (κ3) is 4.33. The van der Waals surface area contributed by atoms with E-state index in [0.717, 1.165) is 6.54 Å².